The van der Waals surface area contributed by atoms with E-state index in [0.717, 1.165) is 24.1 Å². The molecular weight excluding hydrogens is 550 g/mol. The Bertz CT molecular complexity index is 1430. The van der Waals surface area contributed by atoms with Crippen molar-refractivity contribution < 1.29 is 30.0 Å². The number of amides is 1. The Hall–Kier alpha value is -3.41. The van der Waals surface area contributed by atoms with Crippen molar-refractivity contribution in [2.24, 2.45) is 17.6 Å². The van der Waals surface area contributed by atoms with Crippen molar-refractivity contribution in [1.29, 1.82) is 5.41 Å². The Labute approximate surface area is 252 Å². The molecule has 1 aromatic carbocycles. The Balaban J connectivity index is 1.65. The highest BCUT2D eigenvalue weighted by Crippen LogP contribution is 2.53. The maximum atomic E-state index is 14.2. The number of benzene rings is 1. The molecule has 0 saturated heterocycles. The van der Waals surface area contributed by atoms with Crippen molar-refractivity contribution in [1.82, 2.24) is 10.2 Å². The van der Waals surface area contributed by atoms with Crippen LogP contribution in [0.5, 0.6) is 5.75 Å². The summed E-state index contributed by atoms with van der Waals surface area (Å²) in [5.74, 6) is -4.62. The summed E-state index contributed by atoms with van der Waals surface area (Å²) in [4.78, 5) is 30.2. The number of nitrogens with two attached hydrogens (primary N) is 1. The van der Waals surface area contributed by atoms with Crippen LogP contribution in [0.2, 0.25) is 0 Å². The number of aromatic hydroxyl groups is 1. The molecule has 8 N–H and O–H groups in total. The zero-order chi connectivity index (χ0) is 31.5. The first-order valence-electron chi connectivity index (χ1n) is 15.2. The second-order valence-corrected chi connectivity index (χ2v) is 13.2. The van der Waals surface area contributed by atoms with Crippen LogP contribution in [0.4, 0.5) is 5.69 Å². The van der Waals surface area contributed by atoms with E-state index in [9.17, 15) is 30.0 Å². The lowest BCUT2D eigenvalue weighted by Crippen LogP contribution is -2.63. The van der Waals surface area contributed by atoms with E-state index in [1.165, 1.54) is 19.3 Å². The second kappa shape index (κ2) is 11.3. The van der Waals surface area contributed by atoms with Crippen LogP contribution in [0.25, 0.3) is 0 Å². The van der Waals surface area contributed by atoms with Crippen molar-refractivity contribution in [2.75, 3.05) is 26.0 Å². The third kappa shape index (κ3) is 4.81. The fraction of sp³-hybridized carbons (Fsp3) is 0.594. The minimum absolute atomic E-state index is 0.0729. The van der Waals surface area contributed by atoms with E-state index in [-0.39, 0.29) is 29.3 Å². The van der Waals surface area contributed by atoms with Gasteiger partial charge in [-0.2, -0.15) is 0 Å². The number of phenolic OH excluding ortho intramolecular Hbond substituents is 1. The number of phenols is 1. The zero-order valence-corrected chi connectivity index (χ0v) is 25.7. The highest BCUT2D eigenvalue weighted by molar-refractivity contribution is 6.26. The van der Waals surface area contributed by atoms with Gasteiger partial charge in [0, 0.05) is 42.9 Å². The molecule has 0 aromatic heterocycles. The first kappa shape index (κ1) is 31.0. The van der Waals surface area contributed by atoms with E-state index in [1.54, 1.807) is 25.1 Å². The monoisotopic (exact) mass is 595 g/mol. The number of hydrogen-bond acceptors (Lipinski definition) is 10. The number of hydrogen-bond donors (Lipinski definition) is 7. The summed E-state index contributed by atoms with van der Waals surface area (Å²) in [7, 11) is 5.28. The summed E-state index contributed by atoms with van der Waals surface area (Å²) < 4.78 is 0. The summed E-state index contributed by atoms with van der Waals surface area (Å²) >= 11 is 0. The minimum Gasteiger partial charge on any atom is -0.510 e. The number of allylic oxidation sites excluding steroid dienone is 1. The molecule has 43 heavy (non-hydrogen) atoms. The van der Waals surface area contributed by atoms with Crippen LogP contribution in [0.3, 0.4) is 0 Å². The second-order valence-electron chi connectivity index (χ2n) is 13.2. The maximum absolute atomic E-state index is 14.2. The molecule has 0 unspecified atom stereocenters. The molecule has 1 amide bonds. The number of likely N-dealkylation sites (N-methyl/N-ethyl adjacent to an activating group) is 1. The molecule has 0 bridgehead atoms. The molecule has 4 atom stereocenters. The fourth-order valence-corrected chi connectivity index (χ4v) is 7.82. The molecule has 1 fully saturated rings. The molecule has 234 valence electrons. The van der Waals surface area contributed by atoms with Gasteiger partial charge in [-0.15, -0.1) is 0 Å². The highest BCUT2D eigenvalue weighted by atomic mass is 16.3. The molecule has 0 aliphatic heterocycles. The summed E-state index contributed by atoms with van der Waals surface area (Å²) in [5.41, 5.74) is 4.16. The maximum Gasteiger partial charge on any atom is 0.254 e. The van der Waals surface area contributed by atoms with Gasteiger partial charge in [0.05, 0.1) is 17.3 Å². The van der Waals surface area contributed by atoms with Gasteiger partial charge in [-0.25, -0.2) is 0 Å². The number of rotatable bonds is 7. The van der Waals surface area contributed by atoms with E-state index in [1.807, 2.05) is 7.05 Å². The van der Waals surface area contributed by atoms with Gasteiger partial charge in [-0.05, 0) is 76.7 Å². The van der Waals surface area contributed by atoms with Crippen molar-refractivity contribution in [2.45, 2.75) is 89.1 Å². The van der Waals surface area contributed by atoms with Crippen LogP contribution in [-0.2, 0) is 17.8 Å². The number of fused-ring (bicyclic) bond motifs is 3. The predicted molar refractivity (Wildman–Crippen MR) is 164 cm³/mol. The van der Waals surface area contributed by atoms with E-state index >= 15 is 0 Å². The summed E-state index contributed by atoms with van der Waals surface area (Å²) in [6.45, 7) is 4.64. The molecule has 11 heteroatoms. The van der Waals surface area contributed by atoms with Crippen molar-refractivity contribution >= 4 is 23.1 Å². The third-order valence-corrected chi connectivity index (χ3v) is 10.1. The topological polar surface area (TPSA) is 183 Å². The van der Waals surface area contributed by atoms with Gasteiger partial charge >= 0.3 is 0 Å². The number of nitrogens with zero attached hydrogens (tertiary/aromatic N) is 2. The standard InChI is InChI=1S/C32H45N5O6/c1-15(2)37(5)25-17(14-35-18-9-7-6-8-10-18)13-21(38)23-19(25)11-16-12-20-26(36(3)4)28(40)24(31(34)42)29(33)32(20,43)30(41)22(16)27(23)39/h13,15-16,18,20,26,33,35,38,40-41,43H,6-12,14H2,1-5H3,(H2,34,42)/t16-,20-,26-,32+/m0/s1. The number of Topliss-reactive ketones (excluding diaryl/α,β-unsaturated/α-hetero) is 1. The van der Waals surface area contributed by atoms with Gasteiger partial charge in [0.25, 0.3) is 5.91 Å². The number of anilines is 1. The number of nitrogens with one attached hydrogen (secondary N) is 2. The number of aliphatic hydroxyl groups excluding tert-OH is 2. The molecule has 11 nitrogen and oxygen atoms in total. The highest BCUT2D eigenvalue weighted by Gasteiger charge is 2.61. The molecular formula is C32H45N5O6. The van der Waals surface area contributed by atoms with Crippen molar-refractivity contribution in [3.8, 4) is 5.75 Å². The average Bonchev–Trinajstić information content (AvgIpc) is 2.93. The van der Waals surface area contributed by atoms with Crippen molar-refractivity contribution in [3.63, 3.8) is 0 Å². The number of carbonyl (C=O) groups is 2. The van der Waals surface area contributed by atoms with Gasteiger partial charge in [0.2, 0.25) is 0 Å². The molecule has 1 aromatic rings. The largest absolute Gasteiger partial charge is 0.510 e. The minimum atomic E-state index is -2.43. The SMILES string of the molecule is CC(C)N(C)c1c(CNC2CCCCC2)cc(O)c2c1C[C@H]1C[C@H]3[C@H](N(C)C)C(O)=C(C(N)=O)C(=N)[C@@]3(O)C(O)=C1C2=O. The molecule has 0 radical (unpaired) electrons. The smallest absolute Gasteiger partial charge is 0.254 e. The van der Waals surface area contributed by atoms with E-state index < -0.39 is 58.0 Å². The quantitative estimate of drug-likeness (QED) is 0.249. The fourth-order valence-electron chi connectivity index (χ4n) is 7.82. The van der Waals surface area contributed by atoms with E-state index in [4.69, 9.17) is 11.1 Å². The summed E-state index contributed by atoms with van der Waals surface area (Å²) in [5, 5.41) is 58.3. The molecule has 0 heterocycles. The number of ketones is 1. The summed E-state index contributed by atoms with van der Waals surface area (Å²) in [6, 6.07) is 1.16. The molecule has 1 saturated carbocycles. The van der Waals surface area contributed by atoms with Crippen molar-refractivity contribution in [3.05, 3.63) is 45.4 Å². The number of aliphatic hydroxyl groups is 3. The van der Waals surface area contributed by atoms with Gasteiger partial charge in [0.1, 0.15) is 22.8 Å². The van der Waals surface area contributed by atoms with E-state index in [2.05, 4.69) is 24.1 Å². The third-order valence-electron chi connectivity index (χ3n) is 10.1. The Morgan fingerprint density at radius 1 is 1.16 bits per heavy atom. The first-order valence-corrected chi connectivity index (χ1v) is 15.2. The Kier molecular flexibility index (Phi) is 8.12. The van der Waals surface area contributed by atoms with Gasteiger partial charge < -0.3 is 41.8 Å². The van der Waals surface area contributed by atoms with E-state index in [0.29, 0.717) is 24.6 Å². The summed E-state index contributed by atoms with van der Waals surface area (Å²) in [6.07, 6.45) is 6.25. The van der Waals surface area contributed by atoms with Gasteiger partial charge in [-0.1, -0.05) is 19.3 Å². The molecule has 0 spiro atoms. The lowest BCUT2D eigenvalue weighted by molar-refractivity contribution is -0.114. The van der Waals surface area contributed by atoms with Crippen LogP contribution >= 0.6 is 0 Å². The first-order chi connectivity index (χ1) is 20.2. The molecule has 4 aliphatic carbocycles. The number of carbonyl (C=O) groups excluding carboxylic acids is 2. The zero-order valence-electron chi connectivity index (χ0n) is 25.7. The van der Waals surface area contributed by atoms with Crippen LogP contribution in [0.15, 0.2) is 28.7 Å². The predicted octanol–water partition coefficient (Wildman–Crippen LogP) is 2.84. The normalized spacial score (nSPS) is 27.9. The lowest BCUT2D eigenvalue weighted by Gasteiger charge is -2.51. The average molecular weight is 596 g/mol. The molecule has 5 rings (SSSR count). The number of primary amides is 1. The van der Waals surface area contributed by atoms with Gasteiger partial charge in [0.15, 0.2) is 11.4 Å². The van der Waals surface area contributed by atoms with Gasteiger partial charge in [-0.3, -0.25) is 14.5 Å². The lowest BCUT2D eigenvalue weighted by atomic mass is 9.58. The van der Waals surface area contributed by atoms with Crippen LogP contribution < -0.4 is 16.0 Å². The van der Waals surface area contributed by atoms with Crippen LogP contribution in [0, 0.1) is 17.2 Å². The molecule has 4 aliphatic rings. The Morgan fingerprint density at radius 2 is 1.81 bits per heavy atom. The van der Waals surface area contributed by atoms with Crippen LogP contribution in [-0.4, -0.2) is 87.6 Å². The Morgan fingerprint density at radius 3 is 2.40 bits per heavy atom. The van der Waals surface area contributed by atoms with Crippen LogP contribution in [0.1, 0.15) is 73.9 Å².